The number of aromatic nitrogens is 1. The Bertz CT molecular complexity index is 819. The number of nitrogens with two attached hydrogens (primary N) is 1. The predicted octanol–water partition coefficient (Wildman–Crippen LogP) is 6.88. The molecule has 0 saturated heterocycles. The van der Waals surface area contributed by atoms with Gasteiger partial charge in [0.15, 0.2) is 5.78 Å². The molecule has 31 heavy (non-hydrogen) atoms. The summed E-state index contributed by atoms with van der Waals surface area (Å²) in [7, 11) is 1.13. The van der Waals surface area contributed by atoms with Gasteiger partial charge in [-0.25, -0.2) is 0 Å². The van der Waals surface area contributed by atoms with Gasteiger partial charge in [-0.05, 0) is 37.8 Å². The van der Waals surface area contributed by atoms with Crippen LogP contribution in [0.2, 0.25) is 0 Å². The van der Waals surface area contributed by atoms with Crippen LogP contribution < -0.4 is 10.5 Å². The second-order valence-electron chi connectivity index (χ2n) is 7.70. The number of nitrogen functional groups attached to an aromatic ring is 1. The third-order valence-corrected chi connectivity index (χ3v) is 5.22. The van der Waals surface area contributed by atoms with Crippen LogP contribution >= 0.6 is 0 Å². The van der Waals surface area contributed by atoms with E-state index in [4.69, 9.17) is 10.3 Å². The van der Waals surface area contributed by atoms with Crippen LogP contribution in [0.25, 0.3) is 0 Å². The van der Waals surface area contributed by atoms with E-state index in [-0.39, 0.29) is 17.1 Å². The molecule has 2 aromatic rings. The fourth-order valence-corrected chi connectivity index (χ4v) is 3.12. The number of Topliss-reactive ketones (excluding diaryl/α,β-unsaturated/α-hetero) is 1. The minimum Gasteiger partial charge on any atom is -0.496 e. The van der Waals surface area contributed by atoms with Gasteiger partial charge in [0.2, 0.25) is 5.88 Å². The zero-order chi connectivity index (χ0) is 23.6. The lowest BCUT2D eigenvalue weighted by Crippen LogP contribution is -2.08. The van der Waals surface area contributed by atoms with E-state index in [1.54, 1.807) is 0 Å². The molecule has 0 amide bonds. The standard InChI is InChI=1S/C13H24N2O.C10H9F3O2/c1-4-6-11(8-7-10(3)5-2)12-9-13(14)16-15-12;1-6(14)7-3-4-8(10(11,12)13)9(5-7)15-2/h9-11H,4-8,14H2,1-3H3;3-5H,1-2H3. The van der Waals surface area contributed by atoms with Crippen LogP contribution in [-0.4, -0.2) is 18.0 Å². The molecule has 1 aromatic carbocycles. The molecule has 174 valence electrons. The molecule has 0 aliphatic heterocycles. The molecule has 1 heterocycles. The maximum absolute atomic E-state index is 12.4. The lowest BCUT2D eigenvalue weighted by Gasteiger charge is -2.15. The first kappa shape index (κ1) is 26.5. The molecule has 2 N–H and O–H groups in total. The lowest BCUT2D eigenvalue weighted by atomic mass is 9.90. The highest BCUT2D eigenvalue weighted by atomic mass is 19.4. The fourth-order valence-electron chi connectivity index (χ4n) is 3.12. The Hall–Kier alpha value is -2.51. The zero-order valence-electron chi connectivity index (χ0n) is 18.9. The van der Waals surface area contributed by atoms with Crippen molar-refractivity contribution in [2.45, 2.75) is 71.9 Å². The molecule has 5 nitrogen and oxygen atoms in total. The van der Waals surface area contributed by atoms with E-state index >= 15 is 0 Å². The van der Waals surface area contributed by atoms with E-state index in [0.29, 0.717) is 11.8 Å². The number of hydrogen-bond acceptors (Lipinski definition) is 5. The number of ether oxygens (including phenoxy) is 1. The predicted molar refractivity (Wildman–Crippen MR) is 115 cm³/mol. The van der Waals surface area contributed by atoms with Crippen LogP contribution in [0.1, 0.15) is 87.3 Å². The fraction of sp³-hybridized carbons (Fsp3) is 0.565. The van der Waals surface area contributed by atoms with Gasteiger partial charge in [0.05, 0.1) is 18.4 Å². The average Bonchev–Trinajstić information content (AvgIpc) is 3.16. The minimum absolute atomic E-state index is 0.194. The molecule has 2 rings (SSSR count). The minimum atomic E-state index is -4.47. The summed E-state index contributed by atoms with van der Waals surface area (Å²) in [5.74, 6) is 1.10. The van der Waals surface area contributed by atoms with Crippen molar-refractivity contribution in [2.24, 2.45) is 5.92 Å². The Morgan fingerprint density at radius 3 is 2.32 bits per heavy atom. The van der Waals surface area contributed by atoms with Crippen molar-refractivity contribution >= 4 is 11.7 Å². The SMILES string of the molecule is CCCC(CCC(C)CC)c1cc(N)on1.COc1cc(C(C)=O)ccc1C(F)(F)F. The number of anilines is 1. The molecule has 8 heteroatoms. The first-order valence-corrected chi connectivity index (χ1v) is 10.5. The van der Waals surface area contributed by atoms with Gasteiger partial charge < -0.3 is 15.0 Å². The number of rotatable bonds is 9. The van der Waals surface area contributed by atoms with E-state index < -0.39 is 11.7 Å². The van der Waals surface area contributed by atoms with Crippen molar-refractivity contribution in [3.63, 3.8) is 0 Å². The Labute approximate surface area is 182 Å². The van der Waals surface area contributed by atoms with Crippen molar-refractivity contribution in [2.75, 3.05) is 12.8 Å². The normalized spacial score (nSPS) is 13.2. The molecule has 0 fully saturated rings. The van der Waals surface area contributed by atoms with E-state index in [2.05, 4.69) is 30.7 Å². The molecule has 0 aliphatic carbocycles. The number of alkyl halides is 3. The van der Waals surface area contributed by atoms with Crippen LogP contribution in [-0.2, 0) is 6.18 Å². The Morgan fingerprint density at radius 2 is 1.87 bits per heavy atom. The van der Waals surface area contributed by atoms with Gasteiger partial charge in [0, 0.05) is 17.5 Å². The first-order chi connectivity index (χ1) is 14.5. The van der Waals surface area contributed by atoms with Gasteiger partial charge in [0.25, 0.3) is 0 Å². The zero-order valence-corrected chi connectivity index (χ0v) is 18.9. The summed E-state index contributed by atoms with van der Waals surface area (Å²) in [5, 5.41) is 4.04. The Morgan fingerprint density at radius 1 is 1.19 bits per heavy atom. The third kappa shape index (κ3) is 8.63. The topological polar surface area (TPSA) is 78.3 Å². The van der Waals surface area contributed by atoms with E-state index in [1.165, 1.54) is 39.0 Å². The maximum Gasteiger partial charge on any atom is 0.419 e. The van der Waals surface area contributed by atoms with Crippen molar-refractivity contribution in [3.05, 3.63) is 41.1 Å². The summed E-state index contributed by atoms with van der Waals surface area (Å²) in [5.41, 5.74) is 5.91. The van der Waals surface area contributed by atoms with Crippen molar-refractivity contribution in [1.29, 1.82) is 0 Å². The van der Waals surface area contributed by atoms with Crippen LogP contribution in [0.4, 0.5) is 19.1 Å². The number of nitrogens with zero attached hydrogens (tertiary/aromatic N) is 1. The number of methoxy groups -OCH3 is 1. The molecular formula is C23H33F3N2O3. The second kappa shape index (κ2) is 12.4. The molecule has 2 atom stereocenters. The molecule has 0 radical (unpaired) electrons. The summed E-state index contributed by atoms with van der Waals surface area (Å²) in [6, 6.07) is 4.94. The quantitative estimate of drug-likeness (QED) is 0.428. The van der Waals surface area contributed by atoms with E-state index in [0.717, 1.165) is 36.9 Å². The molecule has 0 bridgehead atoms. The van der Waals surface area contributed by atoms with Crippen LogP contribution in [0.3, 0.4) is 0 Å². The molecule has 2 unspecified atom stereocenters. The van der Waals surface area contributed by atoms with Gasteiger partial charge in [0.1, 0.15) is 5.75 Å². The van der Waals surface area contributed by atoms with Crippen molar-refractivity contribution in [3.8, 4) is 5.75 Å². The highest BCUT2D eigenvalue weighted by Gasteiger charge is 2.34. The Kier molecular flexibility index (Phi) is 10.6. The van der Waals surface area contributed by atoms with Crippen LogP contribution in [0.15, 0.2) is 28.8 Å². The lowest BCUT2D eigenvalue weighted by molar-refractivity contribution is -0.138. The van der Waals surface area contributed by atoms with Crippen LogP contribution in [0.5, 0.6) is 5.75 Å². The number of halogens is 3. The van der Waals surface area contributed by atoms with E-state index in [1.807, 2.05) is 6.07 Å². The monoisotopic (exact) mass is 442 g/mol. The number of hydrogen-bond donors (Lipinski definition) is 1. The molecule has 0 saturated carbocycles. The second-order valence-corrected chi connectivity index (χ2v) is 7.70. The summed E-state index contributed by atoms with van der Waals surface area (Å²) < 4.78 is 46.8. The van der Waals surface area contributed by atoms with Crippen LogP contribution in [0, 0.1) is 5.92 Å². The smallest absolute Gasteiger partial charge is 0.419 e. The number of carbonyl (C=O) groups excluding carboxylic acids is 1. The van der Waals surface area contributed by atoms with Crippen molar-refractivity contribution in [1.82, 2.24) is 5.16 Å². The van der Waals surface area contributed by atoms with Gasteiger partial charge in [-0.1, -0.05) is 51.3 Å². The average molecular weight is 443 g/mol. The summed E-state index contributed by atoms with van der Waals surface area (Å²) in [6.45, 7) is 8.04. The molecule has 1 aromatic heterocycles. The van der Waals surface area contributed by atoms with Gasteiger partial charge in [-0.3, -0.25) is 4.79 Å². The summed E-state index contributed by atoms with van der Waals surface area (Å²) in [4.78, 5) is 10.9. The molecule has 0 spiro atoms. The highest BCUT2D eigenvalue weighted by Crippen LogP contribution is 2.36. The molecule has 0 aliphatic rings. The number of ketones is 1. The van der Waals surface area contributed by atoms with Gasteiger partial charge in [-0.2, -0.15) is 13.2 Å². The number of benzene rings is 1. The highest BCUT2D eigenvalue weighted by molar-refractivity contribution is 5.94. The molecular weight excluding hydrogens is 409 g/mol. The van der Waals surface area contributed by atoms with E-state index in [9.17, 15) is 18.0 Å². The summed E-state index contributed by atoms with van der Waals surface area (Å²) >= 11 is 0. The van der Waals surface area contributed by atoms with Crippen molar-refractivity contribution < 1.29 is 27.2 Å². The largest absolute Gasteiger partial charge is 0.496 e. The maximum atomic E-state index is 12.4. The number of carbonyl (C=O) groups is 1. The third-order valence-electron chi connectivity index (χ3n) is 5.22. The first-order valence-electron chi connectivity index (χ1n) is 10.5. The summed E-state index contributed by atoms with van der Waals surface area (Å²) in [6.07, 6.45) is 1.57. The van der Waals surface area contributed by atoms with Gasteiger partial charge >= 0.3 is 6.18 Å². The van der Waals surface area contributed by atoms with Gasteiger partial charge in [-0.15, -0.1) is 0 Å². The Balaban J connectivity index is 0.000000311.